The number of nitrogens with zero attached hydrogens (tertiary/aromatic N) is 2. The second-order valence-corrected chi connectivity index (χ2v) is 5.82. The van der Waals surface area contributed by atoms with Gasteiger partial charge in [-0.25, -0.2) is 0 Å². The third kappa shape index (κ3) is 5.87. The molecule has 1 N–H and O–H groups in total. The number of carbonyl (C=O) groups is 2. The minimum atomic E-state index is -0.560. The lowest BCUT2D eigenvalue weighted by atomic mass is 10.2. The highest BCUT2D eigenvalue weighted by Crippen LogP contribution is 2.17. The van der Waals surface area contributed by atoms with Crippen LogP contribution in [0.25, 0.3) is 0 Å². The Labute approximate surface area is 146 Å². The summed E-state index contributed by atoms with van der Waals surface area (Å²) in [5.41, 5.74) is 1.76. The van der Waals surface area contributed by atoms with Crippen molar-refractivity contribution in [3.05, 3.63) is 24.3 Å². The van der Waals surface area contributed by atoms with Crippen LogP contribution in [0.3, 0.4) is 0 Å². The zero-order chi connectivity index (χ0) is 17.9. The zero-order valence-corrected chi connectivity index (χ0v) is 15.5. The first-order valence-corrected chi connectivity index (χ1v) is 9.02. The van der Waals surface area contributed by atoms with E-state index in [2.05, 4.69) is 31.0 Å². The number of carbonyl (C=O) groups excluding carboxylic acids is 2. The molecule has 1 aromatic rings. The van der Waals surface area contributed by atoms with Gasteiger partial charge in [0.25, 0.3) is 0 Å². The lowest BCUT2D eigenvalue weighted by Gasteiger charge is -2.22. The highest BCUT2D eigenvalue weighted by molar-refractivity contribution is 6.39. The van der Waals surface area contributed by atoms with E-state index in [0.717, 1.165) is 38.0 Å². The van der Waals surface area contributed by atoms with Gasteiger partial charge in [0.15, 0.2) is 0 Å². The minimum absolute atomic E-state index is 0.446. The molecule has 24 heavy (non-hydrogen) atoms. The van der Waals surface area contributed by atoms with Gasteiger partial charge in [-0.15, -0.1) is 0 Å². The van der Waals surface area contributed by atoms with Gasteiger partial charge < -0.3 is 15.1 Å². The van der Waals surface area contributed by atoms with Crippen LogP contribution in [-0.2, 0) is 9.59 Å². The average Bonchev–Trinajstić information content (AvgIpc) is 2.60. The molecule has 0 atom stereocenters. The van der Waals surface area contributed by atoms with Crippen LogP contribution in [0.4, 0.5) is 11.4 Å². The van der Waals surface area contributed by atoms with Gasteiger partial charge in [-0.05, 0) is 51.0 Å². The fourth-order valence-electron chi connectivity index (χ4n) is 2.61. The van der Waals surface area contributed by atoms with Crippen molar-refractivity contribution in [2.24, 2.45) is 0 Å². The smallest absolute Gasteiger partial charge is 0.313 e. The Morgan fingerprint density at radius 1 is 0.917 bits per heavy atom. The molecule has 0 bridgehead atoms. The van der Waals surface area contributed by atoms with Crippen molar-refractivity contribution in [3.8, 4) is 0 Å². The van der Waals surface area contributed by atoms with E-state index in [1.807, 2.05) is 31.2 Å². The molecule has 0 aliphatic carbocycles. The van der Waals surface area contributed by atoms with Crippen molar-refractivity contribution in [1.82, 2.24) is 4.90 Å². The van der Waals surface area contributed by atoms with E-state index in [-0.39, 0.29) is 0 Å². The van der Waals surface area contributed by atoms with E-state index < -0.39 is 11.8 Å². The van der Waals surface area contributed by atoms with Crippen LogP contribution in [0.1, 0.15) is 47.0 Å². The predicted molar refractivity (Wildman–Crippen MR) is 100 cm³/mol. The molecule has 0 fully saturated rings. The predicted octanol–water partition coefficient (Wildman–Crippen LogP) is 3.51. The summed E-state index contributed by atoms with van der Waals surface area (Å²) in [5, 5.41) is 2.71. The number of unbranched alkanes of at least 4 members (excludes halogenated alkanes) is 1. The second kappa shape index (κ2) is 10.7. The Morgan fingerprint density at radius 2 is 1.54 bits per heavy atom. The van der Waals surface area contributed by atoms with Gasteiger partial charge in [0.1, 0.15) is 0 Å². The maximum Gasteiger partial charge on any atom is 0.313 e. The SMILES string of the molecule is CCCCN(CCC)C(=O)C(=O)Nc1ccc(N(CC)CC)cc1. The van der Waals surface area contributed by atoms with Crippen molar-refractivity contribution in [2.75, 3.05) is 36.4 Å². The van der Waals surface area contributed by atoms with Crippen LogP contribution in [0, 0.1) is 0 Å². The molecule has 0 saturated heterocycles. The fourth-order valence-corrected chi connectivity index (χ4v) is 2.61. The number of nitrogens with one attached hydrogen (secondary N) is 1. The summed E-state index contributed by atoms with van der Waals surface area (Å²) in [5.74, 6) is -1.01. The number of hydrogen-bond donors (Lipinski definition) is 1. The topological polar surface area (TPSA) is 52.7 Å². The molecule has 1 rings (SSSR count). The Hall–Kier alpha value is -2.04. The first-order chi connectivity index (χ1) is 11.6. The van der Waals surface area contributed by atoms with Crippen LogP contribution in [0.5, 0.6) is 0 Å². The lowest BCUT2D eigenvalue weighted by molar-refractivity contribution is -0.143. The molecular weight excluding hydrogens is 302 g/mol. The molecule has 0 radical (unpaired) electrons. The van der Waals surface area contributed by atoms with E-state index in [1.54, 1.807) is 4.90 Å². The molecule has 0 aromatic heterocycles. The molecular formula is C19H31N3O2. The Bertz CT molecular complexity index is 510. The molecule has 0 saturated carbocycles. The third-order valence-corrected chi connectivity index (χ3v) is 4.01. The van der Waals surface area contributed by atoms with Crippen molar-refractivity contribution in [1.29, 1.82) is 0 Å². The van der Waals surface area contributed by atoms with Crippen LogP contribution in [0.2, 0.25) is 0 Å². The summed E-state index contributed by atoms with van der Waals surface area (Å²) in [6, 6.07) is 7.62. The number of amides is 2. The normalized spacial score (nSPS) is 10.3. The summed E-state index contributed by atoms with van der Waals surface area (Å²) < 4.78 is 0. The highest BCUT2D eigenvalue weighted by Gasteiger charge is 2.20. The number of benzene rings is 1. The molecule has 0 spiro atoms. The maximum atomic E-state index is 12.3. The van der Waals surface area contributed by atoms with Crippen LogP contribution in [0.15, 0.2) is 24.3 Å². The second-order valence-electron chi connectivity index (χ2n) is 5.82. The van der Waals surface area contributed by atoms with E-state index in [0.29, 0.717) is 18.8 Å². The quantitative estimate of drug-likeness (QED) is 0.704. The van der Waals surface area contributed by atoms with Crippen LogP contribution < -0.4 is 10.2 Å². The van der Waals surface area contributed by atoms with Gasteiger partial charge in [0.2, 0.25) is 0 Å². The first-order valence-electron chi connectivity index (χ1n) is 9.02. The molecule has 2 amide bonds. The fraction of sp³-hybridized carbons (Fsp3) is 0.579. The number of anilines is 2. The van der Waals surface area contributed by atoms with Crippen molar-refractivity contribution in [3.63, 3.8) is 0 Å². The van der Waals surface area contributed by atoms with Gasteiger partial charge >= 0.3 is 11.8 Å². The lowest BCUT2D eigenvalue weighted by Crippen LogP contribution is -2.40. The standard InChI is InChI=1S/C19H31N3O2/c1-5-9-15-22(14-6-2)19(24)18(23)20-16-10-12-17(13-11-16)21(7-3)8-4/h10-13H,5-9,14-15H2,1-4H3,(H,20,23). The molecule has 0 heterocycles. The summed E-state index contributed by atoms with van der Waals surface area (Å²) in [7, 11) is 0. The van der Waals surface area contributed by atoms with Crippen LogP contribution in [-0.4, -0.2) is 42.9 Å². The number of rotatable bonds is 9. The van der Waals surface area contributed by atoms with Gasteiger partial charge in [0, 0.05) is 37.6 Å². The Kier molecular flexibility index (Phi) is 8.90. The molecule has 0 unspecified atom stereocenters. The van der Waals surface area contributed by atoms with Gasteiger partial charge in [-0.3, -0.25) is 9.59 Å². The summed E-state index contributed by atoms with van der Waals surface area (Å²) in [6.07, 6.45) is 2.76. The Morgan fingerprint density at radius 3 is 2.04 bits per heavy atom. The van der Waals surface area contributed by atoms with Crippen molar-refractivity contribution >= 4 is 23.2 Å². The average molecular weight is 333 g/mol. The van der Waals surface area contributed by atoms with Gasteiger partial charge in [-0.1, -0.05) is 20.3 Å². The Balaban J connectivity index is 2.69. The molecule has 5 heteroatoms. The minimum Gasteiger partial charge on any atom is -0.372 e. The van der Waals surface area contributed by atoms with E-state index in [4.69, 9.17) is 0 Å². The van der Waals surface area contributed by atoms with Crippen molar-refractivity contribution < 1.29 is 9.59 Å². The summed E-state index contributed by atoms with van der Waals surface area (Å²) in [6.45, 7) is 11.4. The van der Waals surface area contributed by atoms with E-state index in [1.165, 1.54) is 0 Å². The number of hydrogen-bond acceptors (Lipinski definition) is 3. The maximum absolute atomic E-state index is 12.3. The van der Waals surface area contributed by atoms with Gasteiger partial charge in [-0.2, -0.15) is 0 Å². The largest absolute Gasteiger partial charge is 0.372 e. The molecule has 5 nitrogen and oxygen atoms in total. The molecule has 0 aliphatic rings. The molecule has 134 valence electrons. The van der Waals surface area contributed by atoms with Gasteiger partial charge in [0.05, 0.1) is 0 Å². The molecule has 1 aromatic carbocycles. The van der Waals surface area contributed by atoms with Crippen molar-refractivity contribution in [2.45, 2.75) is 47.0 Å². The van der Waals surface area contributed by atoms with Crippen LogP contribution >= 0.6 is 0 Å². The summed E-state index contributed by atoms with van der Waals surface area (Å²) >= 11 is 0. The van der Waals surface area contributed by atoms with E-state index in [9.17, 15) is 9.59 Å². The first kappa shape index (κ1) is 20.0. The zero-order valence-electron chi connectivity index (χ0n) is 15.5. The summed E-state index contributed by atoms with van der Waals surface area (Å²) in [4.78, 5) is 28.4. The third-order valence-electron chi connectivity index (χ3n) is 4.01. The monoisotopic (exact) mass is 333 g/mol. The van der Waals surface area contributed by atoms with E-state index >= 15 is 0 Å². The highest BCUT2D eigenvalue weighted by atomic mass is 16.2. The molecule has 0 aliphatic heterocycles.